The fraction of sp³-hybridized carbons (Fsp3) is 0. The Morgan fingerprint density at radius 2 is 1.00 bits per heavy atom. The van der Waals surface area contributed by atoms with Crippen LogP contribution in [0.5, 0.6) is 0 Å². The van der Waals surface area contributed by atoms with E-state index in [1.54, 1.807) is 8.52 Å². The van der Waals surface area contributed by atoms with Crippen molar-refractivity contribution in [3.63, 3.8) is 0 Å². The van der Waals surface area contributed by atoms with Gasteiger partial charge in [0.05, 0.1) is 0 Å². The third-order valence-corrected chi connectivity index (χ3v) is 7.13. The normalized spacial score (nSPS) is 12.8. The summed E-state index contributed by atoms with van der Waals surface area (Å²) in [6.45, 7) is 0. The van der Waals surface area contributed by atoms with Crippen LogP contribution in [0.2, 0.25) is 0 Å². The van der Waals surface area contributed by atoms with Crippen LogP contribution >= 0.6 is 0 Å². The van der Waals surface area contributed by atoms with Crippen molar-refractivity contribution in [2.75, 3.05) is 0 Å². The third kappa shape index (κ3) is 1.11. The Balaban J connectivity index is 2.23. The number of hydrogen-bond donors (Lipinski definition) is 0. The van der Waals surface area contributed by atoms with E-state index >= 15 is 0 Å². The predicted octanol–water partition coefficient (Wildman–Crippen LogP) is 5.39. The summed E-state index contributed by atoms with van der Waals surface area (Å²) < 4.78 is 3.11. The van der Waals surface area contributed by atoms with Crippen LogP contribution in [0, 0.1) is 0 Å². The van der Waals surface area contributed by atoms with Crippen molar-refractivity contribution in [2.24, 2.45) is 0 Å². The molecule has 0 saturated carbocycles. The number of benzene rings is 5. The molecule has 6 aromatic rings. The second kappa shape index (κ2) is 3.39. The van der Waals surface area contributed by atoms with Gasteiger partial charge in [0.1, 0.15) is 0 Å². The molecule has 0 amide bonds. The van der Waals surface area contributed by atoms with Gasteiger partial charge in [0.25, 0.3) is 0 Å². The predicted molar refractivity (Wildman–Crippen MR) is 93.3 cm³/mol. The first-order valence-corrected chi connectivity index (χ1v) is 8.93. The van der Waals surface area contributed by atoms with Gasteiger partial charge in [-0.05, 0) is 0 Å². The van der Waals surface area contributed by atoms with E-state index in [0.29, 0.717) is 14.5 Å². The van der Waals surface area contributed by atoms with Crippen molar-refractivity contribution in [3.05, 3.63) is 60.7 Å². The van der Waals surface area contributed by atoms with E-state index in [-0.39, 0.29) is 0 Å². The summed E-state index contributed by atoms with van der Waals surface area (Å²) in [5.74, 6) is 0. The molecule has 0 saturated heterocycles. The van der Waals surface area contributed by atoms with E-state index in [9.17, 15) is 0 Å². The van der Waals surface area contributed by atoms with Gasteiger partial charge in [-0.3, -0.25) is 0 Å². The molecule has 0 bridgehead atoms. The van der Waals surface area contributed by atoms with Crippen LogP contribution in [0.4, 0.5) is 0 Å². The fourth-order valence-electron chi connectivity index (χ4n) is 3.95. The van der Waals surface area contributed by atoms with Gasteiger partial charge in [0.2, 0.25) is 0 Å². The molecule has 1 aromatic heterocycles. The average Bonchev–Trinajstić information content (AvgIpc) is 2.93. The first kappa shape index (κ1) is 10.6. The molecule has 0 nitrogen and oxygen atoms in total. The van der Waals surface area contributed by atoms with Gasteiger partial charge < -0.3 is 0 Å². The molecule has 0 N–H and O–H groups in total. The molecule has 0 aliphatic heterocycles. The Morgan fingerprint density at radius 3 is 1.52 bits per heavy atom. The van der Waals surface area contributed by atoms with Crippen LogP contribution in [0.25, 0.3) is 51.6 Å². The molecule has 6 rings (SSSR count). The molecule has 0 atom stereocenters. The monoisotopic (exact) mass is 330 g/mol. The van der Waals surface area contributed by atoms with Gasteiger partial charge in [0, 0.05) is 0 Å². The molecule has 0 fully saturated rings. The third-order valence-electron chi connectivity index (χ3n) is 4.77. The second-order valence-corrected chi connectivity index (χ2v) is 8.06. The van der Waals surface area contributed by atoms with E-state index in [0.717, 1.165) is 0 Å². The number of hydrogen-bond acceptors (Lipinski definition) is 0. The van der Waals surface area contributed by atoms with Crippen molar-refractivity contribution in [2.45, 2.75) is 0 Å². The Labute approximate surface area is 127 Å². The Morgan fingerprint density at radius 1 is 0.476 bits per heavy atom. The summed E-state index contributed by atoms with van der Waals surface area (Å²) in [4.78, 5) is 0. The fourth-order valence-corrected chi connectivity index (χ4v) is 6.31. The Bertz CT molecular complexity index is 1170. The minimum absolute atomic E-state index is 0.456. The van der Waals surface area contributed by atoms with Crippen LogP contribution in [0.1, 0.15) is 0 Å². The van der Waals surface area contributed by atoms with Crippen molar-refractivity contribution in [3.8, 4) is 0 Å². The molecule has 5 aromatic carbocycles. The van der Waals surface area contributed by atoms with E-state index in [1.807, 2.05) is 0 Å². The zero-order chi connectivity index (χ0) is 13.6. The van der Waals surface area contributed by atoms with E-state index in [2.05, 4.69) is 60.7 Å². The van der Waals surface area contributed by atoms with Crippen LogP contribution in [0.15, 0.2) is 60.7 Å². The second-order valence-electron chi connectivity index (χ2n) is 5.79. The quantitative estimate of drug-likeness (QED) is 0.199. The van der Waals surface area contributed by atoms with Crippen molar-refractivity contribution >= 4 is 66.1 Å². The van der Waals surface area contributed by atoms with Crippen molar-refractivity contribution in [1.82, 2.24) is 0 Å². The molecule has 21 heavy (non-hydrogen) atoms. The molecule has 0 radical (unpaired) electrons. The zero-order valence-electron chi connectivity index (χ0n) is 11.2. The molecular weight excluding hydrogens is 319 g/mol. The van der Waals surface area contributed by atoms with Gasteiger partial charge in [-0.25, -0.2) is 0 Å². The van der Waals surface area contributed by atoms with Crippen molar-refractivity contribution in [1.29, 1.82) is 0 Å². The summed E-state index contributed by atoms with van der Waals surface area (Å²) >= 11 is 0.456. The Hall–Kier alpha value is -2.08. The minimum atomic E-state index is 0.456. The molecule has 0 aliphatic carbocycles. The summed E-state index contributed by atoms with van der Waals surface area (Å²) in [6, 6.07) is 22.8. The number of fused-ring (bicyclic) bond motifs is 1. The van der Waals surface area contributed by atoms with Gasteiger partial charge in [-0.15, -0.1) is 0 Å². The number of rotatable bonds is 0. The molecule has 0 unspecified atom stereocenters. The topological polar surface area (TPSA) is 0 Å². The summed E-state index contributed by atoms with van der Waals surface area (Å²) in [5.41, 5.74) is 0. The standard InChI is InChI=1S/C20H10Se/c1-3-11-7-9-15-19-17(11)13(5-1)14-6-2-4-12-8-10-16(21-15)20(19)18(12)14/h1-10H. The first-order valence-electron chi connectivity index (χ1n) is 7.22. The van der Waals surface area contributed by atoms with E-state index in [4.69, 9.17) is 0 Å². The molecule has 96 valence electrons. The molecular formula is C20H10Se. The zero-order valence-corrected chi connectivity index (χ0v) is 12.9. The molecule has 0 aliphatic rings. The van der Waals surface area contributed by atoms with Crippen LogP contribution < -0.4 is 0 Å². The van der Waals surface area contributed by atoms with Crippen LogP contribution in [-0.2, 0) is 0 Å². The van der Waals surface area contributed by atoms with Gasteiger partial charge in [-0.1, -0.05) is 0 Å². The van der Waals surface area contributed by atoms with Gasteiger partial charge in [0.15, 0.2) is 0 Å². The van der Waals surface area contributed by atoms with Crippen LogP contribution in [0.3, 0.4) is 0 Å². The molecule has 1 heterocycles. The van der Waals surface area contributed by atoms with E-state index < -0.39 is 0 Å². The summed E-state index contributed by atoms with van der Waals surface area (Å²) in [7, 11) is 0. The average molecular weight is 329 g/mol. The SMILES string of the molecule is c1cc2ccc3[se]c4ccc5cccc6c(c1)c2c3c4c56. The maximum absolute atomic E-state index is 2.35. The summed E-state index contributed by atoms with van der Waals surface area (Å²) in [5, 5.41) is 11.6. The van der Waals surface area contributed by atoms with Gasteiger partial charge in [-0.2, -0.15) is 0 Å². The first-order chi connectivity index (χ1) is 10.4. The van der Waals surface area contributed by atoms with Gasteiger partial charge >= 0.3 is 127 Å². The summed E-state index contributed by atoms with van der Waals surface area (Å²) in [6.07, 6.45) is 0. The molecule has 0 spiro atoms. The maximum atomic E-state index is 2.35. The van der Waals surface area contributed by atoms with Crippen molar-refractivity contribution < 1.29 is 0 Å². The van der Waals surface area contributed by atoms with Crippen LogP contribution in [-0.4, -0.2) is 14.5 Å². The Kier molecular flexibility index (Phi) is 1.71. The van der Waals surface area contributed by atoms with E-state index in [1.165, 1.54) is 43.1 Å². The molecule has 1 heteroatoms.